The lowest BCUT2D eigenvalue weighted by molar-refractivity contribution is -0.137. The average molecular weight is 435 g/mol. The maximum atomic E-state index is 12.9. The number of carbonyl (C=O) groups excluding carboxylic acids is 2. The monoisotopic (exact) mass is 434 g/mol. The van der Waals surface area contributed by atoms with Gasteiger partial charge in [0.2, 0.25) is 11.8 Å². The molecule has 0 aliphatic rings. The summed E-state index contributed by atoms with van der Waals surface area (Å²) in [6, 6.07) is 6.14. The standard InChI is InChI=1S/C17H15Cl2F3N4O2/c1-26(9-16(28)25-14-5-2-10(18)7-23-14)8-15(27)24-11-3-4-13(19)12(6-11)17(20,21)22/h2-7H,8-9H2,1H3,(H,24,27)(H,23,25,28). The molecule has 2 N–H and O–H groups in total. The molecule has 1 heterocycles. The SMILES string of the molecule is CN(CC(=O)Nc1ccc(Cl)c(C(F)(F)F)c1)CC(=O)Nc1ccc(Cl)cn1. The van der Waals surface area contributed by atoms with Crippen molar-refractivity contribution in [2.45, 2.75) is 6.18 Å². The zero-order valence-corrected chi connectivity index (χ0v) is 16.0. The molecule has 2 aromatic rings. The molecule has 0 atom stereocenters. The van der Waals surface area contributed by atoms with Crippen molar-refractivity contribution in [3.8, 4) is 0 Å². The van der Waals surface area contributed by atoms with Gasteiger partial charge >= 0.3 is 6.18 Å². The summed E-state index contributed by atoms with van der Waals surface area (Å²) in [7, 11) is 1.51. The van der Waals surface area contributed by atoms with Gasteiger partial charge in [-0.15, -0.1) is 0 Å². The molecule has 0 fully saturated rings. The number of benzene rings is 1. The fourth-order valence-corrected chi connectivity index (χ4v) is 2.54. The summed E-state index contributed by atoms with van der Waals surface area (Å²) in [5, 5.41) is 4.83. The topological polar surface area (TPSA) is 74.3 Å². The maximum absolute atomic E-state index is 12.9. The minimum absolute atomic E-state index is 0.0510. The number of halogens is 5. The highest BCUT2D eigenvalue weighted by atomic mass is 35.5. The highest BCUT2D eigenvalue weighted by Crippen LogP contribution is 2.36. The van der Waals surface area contributed by atoms with Crippen LogP contribution in [0.15, 0.2) is 36.5 Å². The molecule has 0 saturated carbocycles. The molecule has 6 nitrogen and oxygen atoms in total. The molecule has 0 spiro atoms. The van der Waals surface area contributed by atoms with E-state index >= 15 is 0 Å². The van der Waals surface area contributed by atoms with Gasteiger partial charge in [0.25, 0.3) is 0 Å². The van der Waals surface area contributed by atoms with E-state index in [1.54, 1.807) is 6.07 Å². The van der Waals surface area contributed by atoms with E-state index in [9.17, 15) is 22.8 Å². The van der Waals surface area contributed by atoms with E-state index in [2.05, 4.69) is 15.6 Å². The molecule has 11 heteroatoms. The third kappa shape index (κ3) is 6.66. The molecule has 0 radical (unpaired) electrons. The number of rotatable bonds is 6. The number of anilines is 2. The van der Waals surface area contributed by atoms with Crippen molar-refractivity contribution in [2.75, 3.05) is 30.8 Å². The summed E-state index contributed by atoms with van der Waals surface area (Å²) in [5.41, 5.74) is -1.10. The lowest BCUT2D eigenvalue weighted by Crippen LogP contribution is -2.36. The first-order valence-corrected chi connectivity index (χ1v) is 8.57. The van der Waals surface area contributed by atoms with Crippen LogP contribution in [0.3, 0.4) is 0 Å². The minimum Gasteiger partial charge on any atom is -0.325 e. The van der Waals surface area contributed by atoms with Crippen molar-refractivity contribution >= 4 is 46.5 Å². The number of nitrogens with zero attached hydrogens (tertiary/aromatic N) is 2. The third-order valence-electron chi connectivity index (χ3n) is 3.38. The molecule has 150 valence electrons. The highest BCUT2D eigenvalue weighted by molar-refractivity contribution is 6.31. The van der Waals surface area contributed by atoms with Crippen LogP contribution in [-0.2, 0) is 15.8 Å². The Kier molecular flexibility index (Phi) is 7.22. The molecular formula is C17H15Cl2F3N4O2. The second-order valence-corrected chi connectivity index (χ2v) is 6.67. The van der Waals surface area contributed by atoms with Crippen molar-refractivity contribution in [1.82, 2.24) is 9.88 Å². The van der Waals surface area contributed by atoms with Crippen molar-refractivity contribution in [1.29, 1.82) is 0 Å². The Morgan fingerprint density at radius 2 is 1.71 bits per heavy atom. The van der Waals surface area contributed by atoms with Crippen molar-refractivity contribution in [3.05, 3.63) is 52.1 Å². The van der Waals surface area contributed by atoms with Crippen LogP contribution in [0.25, 0.3) is 0 Å². The number of carbonyl (C=O) groups is 2. The third-order valence-corrected chi connectivity index (χ3v) is 3.93. The van der Waals surface area contributed by atoms with Crippen molar-refractivity contribution < 1.29 is 22.8 Å². The van der Waals surface area contributed by atoms with E-state index in [1.807, 2.05) is 0 Å². The first-order chi connectivity index (χ1) is 13.0. The van der Waals surface area contributed by atoms with Gasteiger partial charge in [-0.05, 0) is 37.4 Å². The van der Waals surface area contributed by atoms with Crippen LogP contribution >= 0.6 is 23.2 Å². The van der Waals surface area contributed by atoms with E-state index in [0.29, 0.717) is 10.8 Å². The number of hydrogen-bond acceptors (Lipinski definition) is 4. The second-order valence-electron chi connectivity index (χ2n) is 5.82. The molecule has 1 aromatic carbocycles. The number of hydrogen-bond donors (Lipinski definition) is 2. The fourth-order valence-electron chi connectivity index (χ4n) is 2.20. The Morgan fingerprint density at radius 3 is 2.29 bits per heavy atom. The van der Waals surface area contributed by atoms with Crippen LogP contribution in [0.2, 0.25) is 10.0 Å². The van der Waals surface area contributed by atoms with Gasteiger partial charge < -0.3 is 10.6 Å². The van der Waals surface area contributed by atoms with Crippen LogP contribution in [-0.4, -0.2) is 41.8 Å². The number of nitrogens with one attached hydrogen (secondary N) is 2. The molecule has 28 heavy (non-hydrogen) atoms. The van der Waals surface area contributed by atoms with E-state index in [1.165, 1.54) is 30.3 Å². The first kappa shape index (κ1) is 21.9. The summed E-state index contributed by atoms with van der Waals surface area (Å²) >= 11 is 11.2. The Balaban J connectivity index is 1.88. The van der Waals surface area contributed by atoms with Gasteiger partial charge in [0.1, 0.15) is 5.82 Å². The highest BCUT2D eigenvalue weighted by Gasteiger charge is 2.33. The number of aromatic nitrogens is 1. The summed E-state index contributed by atoms with van der Waals surface area (Å²) in [6.07, 6.45) is -3.27. The second kappa shape index (κ2) is 9.22. The van der Waals surface area contributed by atoms with Crippen molar-refractivity contribution in [3.63, 3.8) is 0 Å². The van der Waals surface area contributed by atoms with Crippen LogP contribution in [0.5, 0.6) is 0 Å². The fraction of sp³-hybridized carbons (Fsp3) is 0.235. The first-order valence-electron chi connectivity index (χ1n) is 7.81. The Bertz CT molecular complexity index is 860. The lowest BCUT2D eigenvalue weighted by atomic mass is 10.2. The van der Waals surface area contributed by atoms with Crippen LogP contribution in [0.4, 0.5) is 24.7 Å². The van der Waals surface area contributed by atoms with Gasteiger partial charge in [-0.3, -0.25) is 14.5 Å². The van der Waals surface area contributed by atoms with Gasteiger partial charge in [-0.25, -0.2) is 4.98 Å². The number of pyridine rings is 1. The summed E-state index contributed by atoms with van der Waals surface area (Å²) in [4.78, 5) is 29.3. The van der Waals surface area contributed by atoms with Gasteiger partial charge in [-0.1, -0.05) is 23.2 Å². The molecular weight excluding hydrogens is 420 g/mol. The summed E-state index contributed by atoms with van der Waals surface area (Å²) in [5.74, 6) is -0.709. The van der Waals surface area contributed by atoms with E-state index in [-0.39, 0.29) is 18.8 Å². The minimum atomic E-state index is -4.64. The lowest BCUT2D eigenvalue weighted by Gasteiger charge is -2.16. The zero-order valence-electron chi connectivity index (χ0n) is 14.5. The Morgan fingerprint density at radius 1 is 1.07 bits per heavy atom. The molecule has 2 rings (SSSR count). The number of alkyl halides is 3. The summed E-state index contributed by atoms with van der Waals surface area (Å²) < 4.78 is 38.6. The normalized spacial score (nSPS) is 11.4. The molecule has 0 saturated heterocycles. The van der Waals surface area contributed by atoms with Gasteiger partial charge in [0, 0.05) is 11.9 Å². The van der Waals surface area contributed by atoms with Gasteiger partial charge in [-0.2, -0.15) is 13.2 Å². The Hall–Kier alpha value is -2.36. The molecule has 0 aliphatic heterocycles. The van der Waals surface area contributed by atoms with Gasteiger partial charge in [0.15, 0.2) is 0 Å². The summed E-state index contributed by atoms with van der Waals surface area (Å²) in [6.45, 7) is -0.350. The largest absolute Gasteiger partial charge is 0.417 e. The van der Waals surface area contributed by atoms with Crippen molar-refractivity contribution in [2.24, 2.45) is 0 Å². The molecule has 0 aliphatic carbocycles. The number of likely N-dealkylation sites (N-methyl/N-ethyl adjacent to an activating group) is 1. The van der Waals surface area contributed by atoms with Crippen LogP contribution < -0.4 is 10.6 Å². The van der Waals surface area contributed by atoms with Crippen LogP contribution in [0, 0.1) is 0 Å². The smallest absolute Gasteiger partial charge is 0.325 e. The predicted molar refractivity (Wildman–Crippen MR) is 100 cm³/mol. The molecule has 1 aromatic heterocycles. The maximum Gasteiger partial charge on any atom is 0.417 e. The molecule has 0 bridgehead atoms. The quantitative estimate of drug-likeness (QED) is 0.722. The van der Waals surface area contributed by atoms with E-state index in [4.69, 9.17) is 23.2 Å². The predicted octanol–water partition coefficient (Wildman–Crippen LogP) is 3.92. The molecule has 2 amide bonds. The Labute approximate surface area is 168 Å². The van der Waals surface area contributed by atoms with Gasteiger partial charge in [0.05, 0.1) is 28.7 Å². The zero-order chi connectivity index (χ0) is 20.9. The van der Waals surface area contributed by atoms with Crippen LogP contribution in [0.1, 0.15) is 5.56 Å². The number of amides is 2. The average Bonchev–Trinajstić information content (AvgIpc) is 2.57. The van der Waals surface area contributed by atoms with E-state index in [0.717, 1.165) is 12.1 Å². The molecule has 0 unspecified atom stereocenters. The van der Waals surface area contributed by atoms with E-state index < -0.39 is 28.6 Å².